The van der Waals surface area contributed by atoms with E-state index in [4.69, 9.17) is 0 Å². The van der Waals surface area contributed by atoms with Gasteiger partial charge in [-0.1, -0.05) is 17.8 Å². The highest BCUT2D eigenvalue weighted by molar-refractivity contribution is 7.99. The predicted molar refractivity (Wildman–Crippen MR) is 115 cm³/mol. The molecule has 10 heteroatoms. The lowest BCUT2D eigenvalue weighted by Crippen LogP contribution is -2.18. The number of allylic oxidation sites excluding steroid dienone is 1. The number of anilines is 1. The van der Waals surface area contributed by atoms with Crippen molar-refractivity contribution < 1.29 is 4.79 Å². The molecule has 0 unspecified atom stereocenters. The Labute approximate surface area is 179 Å². The first-order chi connectivity index (χ1) is 14.4. The van der Waals surface area contributed by atoms with Crippen LogP contribution >= 0.6 is 11.8 Å². The lowest BCUT2D eigenvalue weighted by molar-refractivity contribution is -0.113. The molecule has 3 aromatic rings. The Kier molecular flexibility index (Phi) is 5.67. The molecule has 1 aliphatic carbocycles. The SMILES string of the molecule is C=CCn1c(SCC(=O)Nc2cc(C)nn2-c2nc(C)cc(C)n2)nnc1C1CC1. The zero-order valence-electron chi connectivity index (χ0n) is 17.3. The summed E-state index contributed by atoms with van der Waals surface area (Å²) in [6.45, 7) is 10.1. The largest absolute Gasteiger partial charge is 0.310 e. The fourth-order valence-corrected chi connectivity index (χ4v) is 3.96. The molecule has 1 amide bonds. The van der Waals surface area contributed by atoms with Gasteiger partial charge in [-0.15, -0.1) is 16.8 Å². The van der Waals surface area contributed by atoms with Crippen molar-refractivity contribution in [3.05, 3.63) is 47.7 Å². The van der Waals surface area contributed by atoms with Crippen LogP contribution in [0.5, 0.6) is 0 Å². The fraction of sp³-hybridized carbons (Fsp3) is 0.400. The molecule has 0 saturated heterocycles. The average molecular weight is 425 g/mol. The van der Waals surface area contributed by atoms with Crippen molar-refractivity contribution in [2.75, 3.05) is 11.1 Å². The van der Waals surface area contributed by atoms with E-state index >= 15 is 0 Å². The van der Waals surface area contributed by atoms with Gasteiger partial charge in [-0.3, -0.25) is 4.79 Å². The number of carbonyl (C=O) groups excluding carboxylic acids is 1. The van der Waals surface area contributed by atoms with E-state index in [9.17, 15) is 4.79 Å². The van der Waals surface area contributed by atoms with Crippen LogP contribution < -0.4 is 5.32 Å². The smallest absolute Gasteiger partial charge is 0.252 e. The molecule has 0 bridgehead atoms. The first-order valence-electron chi connectivity index (χ1n) is 9.80. The van der Waals surface area contributed by atoms with Crippen LogP contribution in [-0.4, -0.2) is 46.2 Å². The Morgan fingerprint density at radius 1 is 1.20 bits per heavy atom. The molecule has 0 aliphatic heterocycles. The van der Waals surface area contributed by atoms with Crippen molar-refractivity contribution in [1.82, 2.24) is 34.5 Å². The number of aryl methyl sites for hydroxylation is 3. The van der Waals surface area contributed by atoms with Crippen molar-refractivity contribution in [3.63, 3.8) is 0 Å². The van der Waals surface area contributed by atoms with Crippen molar-refractivity contribution in [2.45, 2.75) is 51.2 Å². The third kappa shape index (κ3) is 4.43. The summed E-state index contributed by atoms with van der Waals surface area (Å²) in [7, 11) is 0. The van der Waals surface area contributed by atoms with E-state index in [0.29, 0.717) is 24.2 Å². The number of rotatable bonds is 8. The number of aromatic nitrogens is 7. The summed E-state index contributed by atoms with van der Waals surface area (Å²) in [5.41, 5.74) is 2.44. The predicted octanol–water partition coefficient (Wildman–Crippen LogP) is 2.97. The highest BCUT2D eigenvalue weighted by Gasteiger charge is 2.30. The molecule has 1 aliphatic rings. The van der Waals surface area contributed by atoms with E-state index in [1.807, 2.05) is 37.5 Å². The van der Waals surface area contributed by atoms with Crippen molar-refractivity contribution in [2.24, 2.45) is 0 Å². The maximum atomic E-state index is 12.6. The Morgan fingerprint density at radius 2 is 1.93 bits per heavy atom. The number of hydrogen-bond acceptors (Lipinski definition) is 7. The van der Waals surface area contributed by atoms with Gasteiger partial charge in [-0.2, -0.15) is 9.78 Å². The van der Waals surface area contributed by atoms with E-state index in [1.165, 1.54) is 11.8 Å². The van der Waals surface area contributed by atoms with Crippen LogP contribution in [0, 0.1) is 20.8 Å². The van der Waals surface area contributed by atoms with Crippen LogP contribution in [0.2, 0.25) is 0 Å². The molecule has 4 rings (SSSR count). The normalized spacial score (nSPS) is 13.4. The molecule has 1 fully saturated rings. The quantitative estimate of drug-likeness (QED) is 0.438. The number of amides is 1. The molecule has 0 atom stereocenters. The van der Waals surface area contributed by atoms with Gasteiger partial charge in [0.25, 0.3) is 5.95 Å². The van der Waals surface area contributed by atoms with Gasteiger partial charge in [0.05, 0.1) is 11.4 Å². The van der Waals surface area contributed by atoms with Crippen molar-refractivity contribution in [1.29, 1.82) is 0 Å². The summed E-state index contributed by atoms with van der Waals surface area (Å²) in [5.74, 6) is 2.48. The number of carbonyl (C=O) groups is 1. The Balaban J connectivity index is 1.47. The van der Waals surface area contributed by atoms with Gasteiger partial charge in [0, 0.05) is 29.9 Å². The van der Waals surface area contributed by atoms with E-state index in [-0.39, 0.29) is 11.7 Å². The van der Waals surface area contributed by atoms with E-state index in [0.717, 1.165) is 40.9 Å². The van der Waals surface area contributed by atoms with E-state index in [2.05, 4.69) is 37.2 Å². The highest BCUT2D eigenvalue weighted by atomic mass is 32.2. The van der Waals surface area contributed by atoms with Crippen LogP contribution in [-0.2, 0) is 11.3 Å². The Morgan fingerprint density at radius 3 is 2.60 bits per heavy atom. The maximum absolute atomic E-state index is 12.6. The number of nitrogens with zero attached hydrogens (tertiary/aromatic N) is 7. The number of thioether (sulfide) groups is 1. The monoisotopic (exact) mass is 424 g/mol. The van der Waals surface area contributed by atoms with Crippen molar-refractivity contribution >= 4 is 23.5 Å². The second-order valence-corrected chi connectivity index (χ2v) is 8.33. The lowest BCUT2D eigenvalue weighted by Gasteiger charge is -2.09. The van der Waals surface area contributed by atoms with Gasteiger partial charge >= 0.3 is 0 Å². The van der Waals surface area contributed by atoms with Crippen molar-refractivity contribution in [3.8, 4) is 5.95 Å². The minimum atomic E-state index is -0.161. The molecule has 3 aromatic heterocycles. The minimum absolute atomic E-state index is 0.161. The standard InChI is InChI=1S/C20H24N8OS/c1-5-8-27-18(15-6-7-15)24-25-20(27)30-11-17(29)23-16-10-14(4)26-28(16)19-21-12(2)9-13(3)22-19/h5,9-10,15H,1,6-8,11H2,2-4H3,(H,23,29). The number of hydrogen-bond donors (Lipinski definition) is 1. The van der Waals surface area contributed by atoms with Crippen LogP contribution in [0.15, 0.2) is 29.9 Å². The minimum Gasteiger partial charge on any atom is -0.310 e. The molecule has 30 heavy (non-hydrogen) atoms. The topological polar surface area (TPSA) is 103 Å². The summed E-state index contributed by atoms with van der Waals surface area (Å²) in [4.78, 5) is 21.5. The van der Waals surface area contributed by atoms with Gasteiger partial charge in [0.15, 0.2) is 5.16 Å². The van der Waals surface area contributed by atoms with Gasteiger partial charge in [-0.05, 0) is 39.7 Å². The summed E-state index contributed by atoms with van der Waals surface area (Å²) >= 11 is 1.36. The van der Waals surface area contributed by atoms with E-state index < -0.39 is 0 Å². The van der Waals surface area contributed by atoms with Crippen LogP contribution in [0.3, 0.4) is 0 Å². The third-order valence-electron chi connectivity index (χ3n) is 4.59. The summed E-state index contributed by atoms with van der Waals surface area (Å²) in [5, 5.41) is 16.7. The second-order valence-electron chi connectivity index (χ2n) is 7.38. The summed E-state index contributed by atoms with van der Waals surface area (Å²) in [6.07, 6.45) is 4.11. The van der Waals surface area contributed by atoms with Gasteiger partial charge in [0.2, 0.25) is 5.91 Å². The Bertz CT molecular complexity index is 1080. The molecule has 0 aromatic carbocycles. The zero-order valence-corrected chi connectivity index (χ0v) is 18.1. The van der Waals surface area contributed by atoms with Crippen LogP contribution in [0.1, 0.15) is 41.7 Å². The third-order valence-corrected chi connectivity index (χ3v) is 5.56. The molecule has 1 saturated carbocycles. The molecule has 1 N–H and O–H groups in total. The van der Waals surface area contributed by atoms with Crippen LogP contribution in [0.25, 0.3) is 5.95 Å². The molecule has 9 nitrogen and oxygen atoms in total. The maximum Gasteiger partial charge on any atom is 0.252 e. The molecule has 3 heterocycles. The fourth-order valence-electron chi connectivity index (χ4n) is 3.20. The summed E-state index contributed by atoms with van der Waals surface area (Å²) in [6, 6.07) is 3.69. The number of nitrogens with one attached hydrogen (secondary N) is 1. The van der Waals surface area contributed by atoms with Crippen LogP contribution in [0.4, 0.5) is 5.82 Å². The van der Waals surface area contributed by atoms with Gasteiger partial charge in [-0.25, -0.2) is 9.97 Å². The van der Waals surface area contributed by atoms with Gasteiger partial charge in [0.1, 0.15) is 11.6 Å². The molecular weight excluding hydrogens is 400 g/mol. The zero-order chi connectivity index (χ0) is 21.3. The van der Waals surface area contributed by atoms with Gasteiger partial charge < -0.3 is 9.88 Å². The molecule has 156 valence electrons. The average Bonchev–Trinajstić information content (AvgIpc) is 3.35. The lowest BCUT2D eigenvalue weighted by atomic mass is 10.4. The molecular formula is C20H24N8OS. The second kappa shape index (κ2) is 8.39. The molecule has 0 spiro atoms. The molecule has 0 radical (unpaired) electrons. The summed E-state index contributed by atoms with van der Waals surface area (Å²) < 4.78 is 3.60. The first-order valence-corrected chi connectivity index (χ1v) is 10.8. The Hall–Kier alpha value is -3.01. The van der Waals surface area contributed by atoms with E-state index in [1.54, 1.807) is 10.7 Å². The first kappa shape index (κ1) is 20.3. The highest BCUT2D eigenvalue weighted by Crippen LogP contribution is 2.40.